The lowest BCUT2D eigenvalue weighted by Gasteiger charge is -2.39. The number of piperidine rings is 1. The lowest BCUT2D eigenvalue weighted by molar-refractivity contribution is -0.0979. The predicted octanol–water partition coefficient (Wildman–Crippen LogP) is 6.40. The highest BCUT2D eigenvalue weighted by atomic mass is 35.5. The number of ether oxygens (including phenoxy) is 1. The molecule has 2 aromatic heterocycles. The molecule has 0 bridgehead atoms. The first-order chi connectivity index (χ1) is 17.0. The molecule has 1 unspecified atom stereocenters. The third-order valence-corrected chi connectivity index (χ3v) is 7.61. The second kappa shape index (κ2) is 9.07. The van der Waals surface area contributed by atoms with Gasteiger partial charge in [0.2, 0.25) is 0 Å². The minimum absolute atomic E-state index is 0.157. The van der Waals surface area contributed by atoms with E-state index in [4.69, 9.17) is 32.9 Å². The van der Waals surface area contributed by atoms with Crippen molar-refractivity contribution in [3.63, 3.8) is 0 Å². The SMILES string of the molecule is Cn1cc(-c2ccc(CN3CCC4(CC3)OC(c3cc(Cl)cc(Cl)c3)c3ccccc34)nc2)cn1. The van der Waals surface area contributed by atoms with Gasteiger partial charge in [-0.3, -0.25) is 14.6 Å². The Labute approximate surface area is 215 Å². The topological polar surface area (TPSA) is 43.2 Å². The van der Waals surface area contributed by atoms with Crippen molar-refractivity contribution in [2.75, 3.05) is 13.1 Å². The molecule has 4 heterocycles. The molecule has 2 aliphatic rings. The standard InChI is InChI=1S/C28H26Cl2N4O/c1-33-17-21(16-32-33)19-6-7-24(31-15-19)18-34-10-8-28(9-11-34)26-5-3-2-4-25(26)27(35-28)20-12-22(29)14-23(30)13-20/h2-7,12-17,27H,8-11,18H2,1H3. The van der Waals surface area contributed by atoms with Crippen LogP contribution in [-0.2, 0) is 23.9 Å². The number of aromatic nitrogens is 3. The van der Waals surface area contributed by atoms with Gasteiger partial charge in [-0.2, -0.15) is 5.10 Å². The van der Waals surface area contributed by atoms with Crippen molar-refractivity contribution in [1.29, 1.82) is 0 Å². The van der Waals surface area contributed by atoms with E-state index in [-0.39, 0.29) is 11.7 Å². The van der Waals surface area contributed by atoms with Crippen molar-refractivity contribution in [3.8, 4) is 11.1 Å². The van der Waals surface area contributed by atoms with E-state index in [0.29, 0.717) is 10.0 Å². The zero-order valence-electron chi connectivity index (χ0n) is 19.5. The van der Waals surface area contributed by atoms with Crippen LogP contribution >= 0.6 is 23.2 Å². The maximum atomic E-state index is 6.85. The summed E-state index contributed by atoms with van der Waals surface area (Å²) in [5.41, 5.74) is 6.47. The van der Waals surface area contributed by atoms with Gasteiger partial charge in [-0.1, -0.05) is 53.5 Å². The number of fused-ring (bicyclic) bond motifs is 2. The summed E-state index contributed by atoms with van der Waals surface area (Å²) in [6, 6.07) is 18.5. The van der Waals surface area contributed by atoms with E-state index in [2.05, 4.69) is 46.4 Å². The monoisotopic (exact) mass is 504 g/mol. The first kappa shape index (κ1) is 22.7. The normalized spacial score (nSPS) is 19.2. The van der Waals surface area contributed by atoms with E-state index in [9.17, 15) is 0 Å². The molecular weight excluding hydrogens is 479 g/mol. The molecule has 178 valence electrons. The van der Waals surface area contributed by atoms with Gasteiger partial charge in [-0.25, -0.2) is 0 Å². The van der Waals surface area contributed by atoms with Crippen LogP contribution < -0.4 is 0 Å². The zero-order valence-corrected chi connectivity index (χ0v) is 21.0. The quantitative estimate of drug-likeness (QED) is 0.322. The van der Waals surface area contributed by atoms with E-state index in [1.807, 2.05) is 42.5 Å². The van der Waals surface area contributed by atoms with Gasteiger partial charge < -0.3 is 4.74 Å². The van der Waals surface area contributed by atoms with Crippen LogP contribution in [0.3, 0.4) is 0 Å². The van der Waals surface area contributed by atoms with E-state index in [0.717, 1.165) is 54.9 Å². The molecule has 0 aliphatic carbocycles. The van der Waals surface area contributed by atoms with Crippen molar-refractivity contribution in [2.45, 2.75) is 31.1 Å². The average molecular weight is 505 g/mol. The predicted molar refractivity (Wildman–Crippen MR) is 138 cm³/mol. The van der Waals surface area contributed by atoms with E-state index < -0.39 is 0 Å². The van der Waals surface area contributed by atoms with Crippen molar-refractivity contribution < 1.29 is 4.74 Å². The molecule has 7 heteroatoms. The Hall–Kier alpha value is -2.70. The highest BCUT2D eigenvalue weighted by Gasteiger charge is 2.47. The maximum absolute atomic E-state index is 6.85. The zero-order chi connectivity index (χ0) is 24.0. The molecule has 0 amide bonds. The fourth-order valence-corrected chi connectivity index (χ4v) is 5.96. The van der Waals surface area contributed by atoms with Crippen molar-refractivity contribution in [3.05, 3.63) is 106 Å². The smallest absolute Gasteiger partial charge is 0.109 e. The van der Waals surface area contributed by atoms with Crippen LogP contribution in [-0.4, -0.2) is 32.8 Å². The first-order valence-corrected chi connectivity index (χ1v) is 12.6. The molecule has 5 nitrogen and oxygen atoms in total. The van der Waals surface area contributed by atoms with Gasteiger partial charge >= 0.3 is 0 Å². The summed E-state index contributed by atoms with van der Waals surface area (Å²) in [5, 5.41) is 5.51. The Morgan fingerprint density at radius 2 is 1.74 bits per heavy atom. The van der Waals surface area contributed by atoms with Gasteiger partial charge in [0.15, 0.2) is 0 Å². The summed E-state index contributed by atoms with van der Waals surface area (Å²) >= 11 is 12.6. The first-order valence-electron chi connectivity index (χ1n) is 11.9. The van der Waals surface area contributed by atoms with Gasteiger partial charge in [0, 0.05) is 60.2 Å². The summed E-state index contributed by atoms with van der Waals surface area (Å²) in [6.07, 6.45) is 7.52. The molecule has 2 aliphatic heterocycles. The van der Waals surface area contributed by atoms with Gasteiger partial charge in [-0.05, 0) is 53.8 Å². The Morgan fingerprint density at radius 1 is 0.971 bits per heavy atom. The molecule has 1 atom stereocenters. The molecule has 0 saturated carbocycles. The highest BCUT2D eigenvalue weighted by Crippen LogP contribution is 2.51. The maximum Gasteiger partial charge on any atom is 0.109 e. The molecule has 6 rings (SSSR count). The van der Waals surface area contributed by atoms with Crippen LogP contribution in [0.2, 0.25) is 10.0 Å². The minimum Gasteiger partial charge on any atom is -0.358 e. The summed E-state index contributed by atoms with van der Waals surface area (Å²) < 4.78 is 8.66. The number of benzene rings is 2. The third kappa shape index (κ3) is 4.38. The van der Waals surface area contributed by atoms with Crippen molar-refractivity contribution in [2.24, 2.45) is 7.05 Å². The summed E-state index contributed by atoms with van der Waals surface area (Å²) in [5.74, 6) is 0. The Morgan fingerprint density at radius 3 is 2.43 bits per heavy atom. The summed E-state index contributed by atoms with van der Waals surface area (Å²) in [7, 11) is 1.92. The number of hydrogen-bond acceptors (Lipinski definition) is 4. The van der Waals surface area contributed by atoms with Crippen LogP contribution in [0.4, 0.5) is 0 Å². The largest absolute Gasteiger partial charge is 0.358 e. The molecule has 2 aromatic carbocycles. The van der Waals surface area contributed by atoms with Crippen LogP contribution in [0.25, 0.3) is 11.1 Å². The second-order valence-corrected chi connectivity index (χ2v) is 10.4. The van der Waals surface area contributed by atoms with E-state index >= 15 is 0 Å². The average Bonchev–Trinajstić information content (AvgIpc) is 3.43. The summed E-state index contributed by atoms with van der Waals surface area (Å²) in [6.45, 7) is 2.73. The van der Waals surface area contributed by atoms with Crippen molar-refractivity contribution in [1.82, 2.24) is 19.7 Å². The number of halogens is 2. The third-order valence-electron chi connectivity index (χ3n) is 7.18. The molecule has 1 saturated heterocycles. The lowest BCUT2D eigenvalue weighted by Crippen LogP contribution is -2.42. The Kier molecular flexibility index (Phi) is 5.89. The molecule has 1 fully saturated rings. The van der Waals surface area contributed by atoms with E-state index in [1.54, 1.807) is 6.07 Å². The molecule has 0 N–H and O–H groups in total. The number of aryl methyl sites for hydroxylation is 1. The molecular formula is C28H26Cl2N4O. The van der Waals surface area contributed by atoms with Gasteiger partial charge in [-0.15, -0.1) is 0 Å². The molecule has 0 radical (unpaired) electrons. The lowest BCUT2D eigenvalue weighted by atomic mass is 9.83. The molecule has 1 spiro atoms. The minimum atomic E-state index is -0.288. The number of nitrogens with zero attached hydrogens (tertiary/aromatic N) is 4. The number of pyridine rings is 1. The second-order valence-electron chi connectivity index (χ2n) is 9.50. The highest BCUT2D eigenvalue weighted by molar-refractivity contribution is 6.34. The summed E-state index contributed by atoms with van der Waals surface area (Å²) in [4.78, 5) is 7.18. The van der Waals surface area contributed by atoms with Crippen LogP contribution in [0, 0.1) is 0 Å². The fourth-order valence-electron chi connectivity index (χ4n) is 5.41. The van der Waals surface area contributed by atoms with Crippen LogP contribution in [0.15, 0.2) is 73.2 Å². The van der Waals surface area contributed by atoms with Crippen molar-refractivity contribution >= 4 is 23.2 Å². The van der Waals surface area contributed by atoms with E-state index in [1.165, 1.54) is 11.1 Å². The Bertz CT molecular complexity index is 1340. The molecule has 35 heavy (non-hydrogen) atoms. The number of hydrogen-bond donors (Lipinski definition) is 0. The number of likely N-dealkylation sites (tertiary alicyclic amines) is 1. The van der Waals surface area contributed by atoms with Gasteiger partial charge in [0.25, 0.3) is 0 Å². The van der Waals surface area contributed by atoms with Crippen LogP contribution in [0.5, 0.6) is 0 Å². The van der Waals surface area contributed by atoms with Crippen LogP contribution in [0.1, 0.15) is 41.3 Å². The Balaban J connectivity index is 1.17. The fraction of sp³-hybridized carbons (Fsp3) is 0.286. The van der Waals surface area contributed by atoms with Gasteiger partial charge in [0.05, 0.1) is 17.5 Å². The van der Waals surface area contributed by atoms with Gasteiger partial charge in [0.1, 0.15) is 6.10 Å². The molecule has 4 aromatic rings. The number of rotatable bonds is 4.